The van der Waals surface area contributed by atoms with Crippen molar-refractivity contribution in [3.05, 3.63) is 63.4 Å². The van der Waals surface area contributed by atoms with Crippen LogP contribution in [-0.2, 0) is 23.1 Å². The van der Waals surface area contributed by atoms with E-state index in [9.17, 15) is 8.60 Å². The van der Waals surface area contributed by atoms with Crippen molar-refractivity contribution in [3.8, 4) is 0 Å². The number of nitrogens with two attached hydrogens (primary N) is 1. The van der Waals surface area contributed by atoms with Gasteiger partial charge in [0.25, 0.3) is 0 Å². The van der Waals surface area contributed by atoms with Gasteiger partial charge in [-0.1, -0.05) is 41.4 Å². The molecule has 0 bridgehead atoms. The summed E-state index contributed by atoms with van der Waals surface area (Å²) in [5.74, 6) is -0.388. The molecular formula is C14H12Cl2FNOS. The summed E-state index contributed by atoms with van der Waals surface area (Å²) in [5.41, 5.74) is 6.20. The molecule has 20 heavy (non-hydrogen) atoms. The number of halogens is 3. The molecule has 2 nitrogen and oxygen atoms in total. The standard InChI is InChI=1S/C14H12Cl2FNOS/c15-11-4-5-12(16)13(6-11)20(19)8-10-3-1-2-9(7-18)14(10)17/h1-6H,7-8,18H2. The molecule has 0 aliphatic heterocycles. The van der Waals surface area contributed by atoms with Crippen molar-refractivity contribution >= 4 is 34.0 Å². The zero-order valence-corrected chi connectivity index (χ0v) is 12.7. The van der Waals surface area contributed by atoms with Crippen LogP contribution in [0.4, 0.5) is 4.39 Å². The highest BCUT2D eigenvalue weighted by Gasteiger charge is 2.14. The third-order valence-electron chi connectivity index (χ3n) is 2.80. The fraction of sp³-hybridized carbons (Fsp3) is 0.143. The molecule has 0 aromatic heterocycles. The third kappa shape index (κ3) is 3.38. The van der Waals surface area contributed by atoms with Crippen LogP contribution in [0.1, 0.15) is 11.1 Å². The molecule has 0 saturated heterocycles. The second-order valence-corrected chi connectivity index (χ2v) is 6.42. The lowest BCUT2D eigenvalue weighted by atomic mass is 10.1. The van der Waals surface area contributed by atoms with E-state index in [-0.39, 0.29) is 12.3 Å². The molecular weight excluding hydrogens is 320 g/mol. The van der Waals surface area contributed by atoms with Crippen LogP contribution >= 0.6 is 23.2 Å². The summed E-state index contributed by atoms with van der Waals surface area (Å²) in [6.45, 7) is 0.101. The van der Waals surface area contributed by atoms with E-state index in [0.717, 1.165) is 0 Å². The Morgan fingerprint density at radius 1 is 1.15 bits per heavy atom. The van der Waals surface area contributed by atoms with Crippen molar-refractivity contribution in [3.63, 3.8) is 0 Å². The van der Waals surface area contributed by atoms with Crippen LogP contribution in [0, 0.1) is 5.82 Å². The van der Waals surface area contributed by atoms with Gasteiger partial charge in [-0.25, -0.2) is 4.39 Å². The van der Waals surface area contributed by atoms with Gasteiger partial charge in [-0.2, -0.15) is 0 Å². The topological polar surface area (TPSA) is 43.1 Å². The predicted molar refractivity (Wildman–Crippen MR) is 80.9 cm³/mol. The van der Waals surface area contributed by atoms with Gasteiger partial charge in [0.15, 0.2) is 0 Å². The van der Waals surface area contributed by atoms with Crippen LogP contribution in [-0.4, -0.2) is 4.21 Å². The van der Waals surface area contributed by atoms with Crippen molar-refractivity contribution in [2.24, 2.45) is 5.73 Å². The van der Waals surface area contributed by atoms with Crippen molar-refractivity contribution < 1.29 is 8.60 Å². The fourth-order valence-electron chi connectivity index (χ4n) is 1.77. The van der Waals surface area contributed by atoms with E-state index in [1.807, 2.05) is 0 Å². The summed E-state index contributed by atoms with van der Waals surface area (Å²) in [4.78, 5) is 0.400. The van der Waals surface area contributed by atoms with Crippen molar-refractivity contribution in [2.75, 3.05) is 0 Å². The van der Waals surface area contributed by atoms with Crippen molar-refractivity contribution in [2.45, 2.75) is 17.2 Å². The summed E-state index contributed by atoms with van der Waals surface area (Å²) in [7, 11) is -1.47. The smallest absolute Gasteiger partial charge is 0.131 e. The lowest BCUT2D eigenvalue weighted by Crippen LogP contribution is -2.05. The Bertz CT molecular complexity index is 664. The first-order chi connectivity index (χ1) is 9.52. The quantitative estimate of drug-likeness (QED) is 0.923. The second-order valence-electron chi connectivity index (χ2n) is 4.16. The Balaban J connectivity index is 2.30. The van der Waals surface area contributed by atoms with E-state index >= 15 is 0 Å². The van der Waals surface area contributed by atoms with Gasteiger partial charge >= 0.3 is 0 Å². The van der Waals surface area contributed by atoms with Gasteiger partial charge in [0.1, 0.15) is 5.82 Å². The van der Waals surface area contributed by atoms with Gasteiger partial charge < -0.3 is 5.73 Å². The molecule has 0 radical (unpaired) electrons. The van der Waals surface area contributed by atoms with Crippen molar-refractivity contribution in [1.82, 2.24) is 0 Å². The molecule has 0 aliphatic rings. The summed E-state index contributed by atoms with van der Waals surface area (Å²) >= 11 is 11.8. The van der Waals surface area contributed by atoms with Gasteiger partial charge in [0, 0.05) is 22.7 Å². The van der Waals surface area contributed by atoms with E-state index in [0.29, 0.717) is 26.1 Å². The predicted octanol–water partition coefficient (Wildman–Crippen LogP) is 3.90. The molecule has 1 atom stereocenters. The highest BCUT2D eigenvalue weighted by molar-refractivity contribution is 7.84. The minimum atomic E-state index is -1.47. The molecule has 0 spiro atoms. The molecule has 2 aromatic rings. The second kappa shape index (κ2) is 6.68. The average molecular weight is 332 g/mol. The van der Waals surface area contributed by atoms with Gasteiger partial charge in [-0.3, -0.25) is 4.21 Å². The highest BCUT2D eigenvalue weighted by atomic mass is 35.5. The number of rotatable bonds is 4. The van der Waals surface area contributed by atoms with E-state index in [2.05, 4.69) is 0 Å². The van der Waals surface area contributed by atoms with E-state index in [4.69, 9.17) is 28.9 Å². The molecule has 0 saturated carbocycles. The lowest BCUT2D eigenvalue weighted by molar-refractivity contribution is 0.598. The van der Waals surface area contributed by atoms with Gasteiger partial charge in [-0.05, 0) is 18.2 Å². The van der Waals surface area contributed by atoms with Crippen LogP contribution in [0.5, 0.6) is 0 Å². The molecule has 0 fully saturated rings. The Labute approximate surface area is 129 Å². The maximum absolute atomic E-state index is 14.1. The minimum Gasteiger partial charge on any atom is -0.326 e. The van der Waals surface area contributed by atoms with Crippen LogP contribution in [0.2, 0.25) is 10.0 Å². The molecule has 0 amide bonds. The van der Waals surface area contributed by atoms with Crippen molar-refractivity contribution in [1.29, 1.82) is 0 Å². The third-order valence-corrected chi connectivity index (χ3v) is 4.88. The SMILES string of the molecule is NCc1cccc(CS(=O)c2cc(Cl)ccc2Cl)c1F. The molecule has 6 heteroatoms. The maximum atomic E-state index is 14.1. The summed E-state index contributed by atoms with van der Waals surface area (Å²) in [6, 6.07) is 9.60. The maximum Gasteiger partial charge on any atom is 0.131 e. The Kier molecular flexibility index (Phi) is 5.16. The Hall–Kier alpha value is -0.940. The first-order valence-electron chi connectivity index (χ1n) is 5.82. The van der Waals surface area contributed by atoms with Crippen LogP contribution < -0.4 is 5.73 Å². The molecule has 2 aromatic carbocycles. The molecule has 1 unspecified atom stereocenters. The lowest BCUT2D eigenvalue weighted by Gasteiger charge is -2.08. The zero-order chi connectivity index (χ0) is 14.7. The Morgan fingerprint density at radius 3 is 2.55 bits per heavy atom. The summed E-state index contributed by atoms with van der Waals surface area (Å²) < 4.78 is 26.4. The van der Waals surface area contributed by atoms with E-state index < -0.39 is 16.6 Å². The normalized spacial score (nSPS) is 12.4. The monoisotopic (exact) mass is 331 g/mol. The summed E-state index contributed by atoms with van der Waals surface area (Å²) in [5, 5.41) is 0.789. The first-order valence-corrected chi connectivity index (χ1v) is 7.90. The molecule has 2 rings (SSSR count). The van der Waals surface area contributed by atoms with E-state index in [1.165, 1.54) is 6.07 Å². The zero-order valence-electron chi connectivity index (χ0n) is 10.4. The number of hydrogen-bond donors (Lipinski definition) is 1. The van der Waals surface area contributed by atoms with E-state index in [1.54, 1.807) is 30.3 Å². The number of benzene rings is 2. The first kappa shape index (κ1) is 15.4. The molecule has 106 valence electrons. The Morgan fingerprint density at radius 2 is 1.85 bits per heavy atom. The van der Waals surface area contributed by atoms with Gasteiger partial charge in [0.2, 0.25) is 0 Å². The van der Waals surface area contributed by atoms with Crippen LogP contribution in [0.15, 0.2) is 41.3 Å². The molecule has 0 aliphatic carbocycles. The summed E-state index contributed by atoms with van der Waals surface area (Å²) in [6.07, 6.45) is 0. The van der Waals surface area contributed by atoms with Gasteiger partial charge in [-0.15, -0.1) is 0 Å². The highest BCUT2D eigenvalue weighted by Crippen LogP contribution is 2.26. The van der Waals surface area contributed by atoms with Crippen LogP contribution in [0.3, 0.4) is 0 Å². The van der Waals surface area contributed by atoms with Crippen LogP contribution in [0.25, 0.3) is 0 Å². The largest absolute Gasteiger partial charge is 0.326 e. The molecule has 2 N–H and O–H groups in total. The fourth-order valence-corrected chi connectivity index (χ4v) is 3.59. The van der Waals surface area contributed by atoms with Gasteiger partial charge in [0.05, 0.1) is 26.5 Å². The molecule has 0 heterocycles. The minimum absolute atomic E-state index is 0.0275. The number of hydrogen-bond acceptors (Lipinski definition) is 2. The average Bonchev–Trinajstić information content (AvgIpc) is 2.43.